The van der Waals surface area contributed by atoms with Gasteiger partial charge in [0.25, 0.3) is 5.91 Å². The summed E-state index contributed by atoms with van der Waals surface area (Å²) in [5, 5.41) is 7.04. The molecule has 0 aliphatic carbocycles. The number of thiazole rings is 1. The molecule has 0 unspecified atom stereocenters. The number of carbonyl (C=O) groups excluding carboxylic acids is 1. The van der Waals surface area contributed by atoms with Gasteiger partial charge < -0.3 is 10.6 Å². The zero-order chi connectivity index (χ0) is 18.1. The van der Waals surface area contributed by atoms with Crippen molar-refractivity contribution < 1.29 is 4.79 Å². The average Bonchev–Trinajstić information content (AvgIpc) is 3.31. The van der Waals surface area contributed by atoms with Gasteiger partial charge in [-0.1, -0.05) is 18.2 Å². The summed E-state index contributed by atoms with van der Waals surface area (Å²) in [4.78, 5) is 19.2. The Bertz CT molecular complexity index is 904. The number of piperidine rings is 1. The van der Waals surface area contributed by atoms with E-state index in [-0.39, 0.29) is 18.0 Å². The lowest BCUT2D eigenvalue weighted by Crippen LogP contribution is -2.48. The molecule has 4 rings (SSSR count). The molecule has 0 spiro atoms. The highest BCUT2D eigenvalue weighted by Gasteiger charge is 2.29. The van der Waals surface area contributed by atoms with E-state index < -0.39 is 0 Å². The van der Waals surface area contributed by atoms with Gasteiger partial charge in [-0.25, -0.2) is 9.67 Å². The van der Waals surface area contributed by atoms with Crippen molar-refractivity contribution in [3.63, 3.8) is 0 Å². The molecule has 3 aromatic rings. The van der Waals surface area contributed by atoms with Crippen LogP contribution in [0.25, 0.3) is 16.3 Å². The minimum Gasteiger partial charge on any atom is -0.334 e. The quantitative estimate of drug-likeness (QED) is 0.772. The number of benzene rings is 1. The van der Waals surface area contributed by atoms with Gasteiger partial charge in [-0.3, -0.25) is 4.79 Å². The maximum atomic E-state index is 12.8. The zero-order valence-corrected chi connectivity index (χ0v) is 15.4. The Kier molecular flexibility index (Phi) is 4.57. The Labute approximate surface area is 156 Å². The number of amides is 1. The van der Waals surface area contributed by atoms with Crippen molar-refractivity contribution in [2.24, 2.45) is 5.73 Å². The zero-order valence-electron chi connectivity index (χ0n) is 14.6. The number of carbonyl (C=O) groups is 1. The van der Waals surface area contributed by atoms with Gasteiger partial charge in [-0.2, -0.15) is 5.10 Å². The third kappa shape index (κ3) is 3.27. The van der Waals surface area contributed by atoms with Crippen molar-refractivity contribution in [3.8, 4) is 16.3 Å². The normalized spacial score (nSPS) is 20.3. The van der Waals surface area contributed by atoms with Crippen LogP contribution in [0, 0.1) is 0 Å². The summed E-state index contributed by atoms with van der Waals surface area (Å²) in [6, 6.07) is 10.2. The molecule has 134 valence electrons. The molecule has 1 fully saturated rings. The summed E-state index contributed by atoms with van der Waals surface area (Å²) in [5.74, 6) is -0.0117. The average molecular weight is 367 g/mol. The molecule has 2 aromatic heterocycles. The smallest absolute Gasteiger partial charge is 0.273 e. The van der Waals surface area contributed by atoms with Crippen LogP contribution in [0.3, 0.4) is 0 Å². The molecule has 26 heavy (non-hydrogen) atoms. The van der Waals surface area contributed by atoms with Gasteiger partial charge in [0.1, 0.15) is 10.7 Å². The standard InChI is InChI=1S/C19H21N5OS/c1-13-9-15(20)7-8-23(13)19(25)17-12-26-18(22-17)14-10-21-24(11-14)16-5-3-2-4-6-16/h2-6,10-13,15H,7-9,20H2,1H3/t13-,15-/m0/s1. The number of hydrogen-bond donors (Lipinski definition) is 1. The molecule has 1 saturated heterocycles. The topological polar surface area (TPSA) is 77.0 Å². The number of para-hydroxylation sites is 1. The Balaban J connectivity index is 1.53. The third-order valence-corrected chi connectivity index (χ3v) is 5.64. The lowest BCUT2D eigenvalue weighted by Gasteiger charge is -2.35. The van der Waals surface area contributed by atoms with Crippen molar-refractivity contribution in [2.45, 2.75) is 31.8 Å². The summed E-state index contributed by atoms with van der Waals surface area (Å²) in [6.45, 7) is 2.74. The number of rotatable bonds is 3. The van der Waals surface area contributed by atoms with E-state index >= 15 is 0 Å². The molecule has 1 amide bonds. The van der Waals surface area contributed by atoms with Crippen LogP contribution in [-0.2, 0) is 0 Å². The van der Waals surface area contributed by atoms with Crippen LogP contribution >= 0.6 is 11.3 Å². The predicted molar refractivity (Wildman–Crippen MR) is 102 cm³/mol. The minimum absolute atomic E-state index is 0.0117. The predicted octanol–water partition coefficient (Wildman–Crippen LogP) is 2.95. The Morgan fingerprint density at radius 1 is 1.31 bits per heavy atom. The molecule has 3 heterocycles. The number of nitrogens with two attached hydrogens (primary N) is 1. The molecule has 0 saturated carbocycles. The third-order valence-electron chi connectivity index (χ3n) is 4.75. The molecule has 0 bridgehead atoms. The molecule has 2 N–H and O–H groups in total. The Morgan fingerprint density at radius 3 is 2.88 bits per heavy atom. The fourth-order valence-electron chi connectivity index (χ4n) is 3.32. The lowest BCUT2D eigenvalue weighted by molar-refractivity contribution is 0.0614. The first-order chi connectivity index (χ1) is 12.6. The molecule has 1 aliphatic rings. The number of likely N-dealkylation sites (tertiary alicyclic amines) is 1. The van der Waals surface area contributed by atoms with Crippen molar-refractivity contribution >= 4 is 17.2 Å². The molecular formula is C19H21N5OS. The molecule has 0 radical (unpaired) electrons. The van der Waals surface area contributed by atoms with E-state index in [2.05, 4.69) is 10.1 Å². The van der Waals surface area contributed by atoms with Gasteiger partial charge in [-0.05, 0) is 31.9 Å². The highest BCUT2D eigenvalue weighted by molar-refractivity contribution is 7.13. The second kappa shape index (κ2) is 7.01. The van der Waals surface area contributed by atoms with Gasteiger partial charge in [0.05, 0.1) is 11.9 Å². The summed E-state index contributed by atoms with van der Waals surface area (Å²) < 4.78 is 1.81. The first kappa shape index (κ1) is 16.9. The monoisotopic (exact) mass is 367 g/mol. The van der Waals surface area contributed by atoms with Crippen LogP contribution in [0.5, 0.6) is 0 Å². The van der Waals surface area contributed by atoms with E-state index in [0.29, 0.717) is 12.2 Å². The number of hydrogen-bond acceptors (Lipinski definition) is 5. The van der Waals surface area contributed by atoms with E-state index in [0.717, 1.165) is 29.1 Å². The van der Waals surface area contributed by atoms with Crippen LogP contribution in [0.2, 0.25) is 0 Å². The van der Waals surface area contributed by atoms with Gasteiger partial charge in [0.2, 0.25) is 0 Å². The van der Waals surface area contributed by atoms with Gasteiger partial charge in [0.15, 0.2) is 0 Å². The molecule has 1 aliphatic heterocycles. The first-order valence-corrected chi connectivity index (χ1v) is 9.62. The summed E-state index contributed by atoms with van der Waals surface area (Å²) >= 11 is 1.47. The van der Waals surface area contributed by atoms with E-state index in [1.54, 1.807) is 6.20 Å². The van der Waals surface area contributed by atoms with E-state index in [1.807, 2.05) is 58.4 Å². The molecule has 7 heteroatoms. The van der Waals surface area contributed by atoms with Gasteiger partial charge in [-0.15, -0.1) is 11.3 Å². The van der Waals surface area contributed by atoms with Crippen LogP contribution < -0.4 is 5.73 Å². The summed E-state index contributed by atoms with van der Waals surface area (Å²) in [6.07, 6.45) is 5.40. The molecule has 6 nitrogen and oxygen atoms in total. The first-order valence-electron chi connectivity index (χ1n) is 8.74. The highest BCUT2D eigenvalue weighted by Crippen LogP contribution is 2.26. The van der Waals surface area contributed by atoms with Crippen molar-refractivity contribution in [3.05, 3.63) is 53.8 Å². The fraction of sp³-hybridized carbons (Fsp3) is 0.316. The largest absolute Gasteiger partial charge is 0.334 e. The number of aromatic nitrogens is 3. The molecule has 1 aromatic carbocycles. The van der Waals surface area contributed by atoms with Crippen molar-refractivity contribution in [1.29, 1.82) is 0 Å². The second-order valence-electron chi connectivity index (χ2n) is 6.68. The molecular weight excluding hydrogens is 346 g/mol. The summed E-state index contributed by atoms with van der Waals surface area (Å²) in [7, 11) is 0. The van der Waals surface area contributed by atoms with E-state index in [1.165, 1.54) is 11.3 Å². The minimum atomic E-state index is -0.0117. The van der Waals surface area contributed by atoms with Crippen LogP contribution in [0.1, 0.15) is 30.3 Å². The van der Waals surface area contributed by atoms with Crippen LogP contribution in [0.4, 0.5) is 0 Å². The SMILES string of the molecule is C[C@H]1C[C@@H](N)CCN1C(=O)c1csc(-c2cnn(-c3ccccc3)c2)n1. The van der Waals surface area contributed by atoms with Gasteiger partial charge in [0, 0.05) is 35.8 Å². The fourth-order valence-corrected chi connectivity index (χ4v) is 4.09. The highest BCUT2D eigenvalue weighted by atomic mass is 32.1. The maximum Gasteiger partial charge on any atom is 0.273 e. The maximum absolute atomic E-state index is 12.8. The molecule has 2 atom stereocenters. The Morgan fingerprint density at radius 2 is 2.12 bits per heavy atom. The number of nitrogens with zero attached hydrogens (tertiary/aromatic N) is 4. The van der Waals surface area contributed by atoms with Gasteiger partial charge >= 0.3 is 0 Å². The van der Waals surface area contributed by atoms with E-state index in [9.17, 15) is 4.79 Å². The Hall–Kier alpha value is -2.51. The van der Waals surface area contributed by atoms with Crippen LogP contribution in [0.15, 0.2) is 48.1 Å². The van der Waals surface area contributed by atoms with E-state index in [4.69, 9.17) is 5.73 Å². The van der Waals surface area contributed by atoms with Crippen molar-refractivity contribution in [2.75, 3.05) is 6.54 Å². The van der Waals surface area contributed by atoms with Crippen LogP contribution in [-0.4, -0.2) is 44.2 Å². The second-order valence-corrected chi connectivity index (χ2v) is 7.54. The van der Waals surface area contributed by atoms with Crippen molar-refractivity contribution in [1.82, 2.24) is 19.7 Å². The lowest BCUT2D eigenvalue weighted by atomic mass is 9.99. The summed E-state index contributed by atoms with van der Waals surface area (Å²) in [5.41, 5.74) is 8.40.